The summed E-state index contributed by atoms with van der Waals surface area (Å²) in [5.41, 5.74) is 5.23. The minimum absolute atomic E-state index is 0.913. The van der Waals surface area contributed by atoms with E-state index in [4.69, 9.17) is 12.2 Å². The summed E-state index contributed by atoms with van der Waals surface area (Å²) in [7, 11) is 0. The lowest BCUT2D eigenvalue weighted by Gasteiger charge is -2.05. The molecule has 0 saturated heterocycles. The third kappa shape index (κ3) is 12.7. The highest BCUT2D eigenvalue weighted by Gasteiger charge is 2.00. The Morgan fingerprint density at radius 2 is 1.18 bits per heavy atom. The molecule has 0 radical (unpaired) electrons. The maximum absolute atomic E-state index is 5.67. The lowest BCUT2D eigenvalue weighted by atomic mass is 10.0. The van der Waals surface area contributed by atoms with E-state index in [0.29, 0.717) is 0 Å². The van der Waals surface area contributed by atoms with Gasteiger partial charge in [-0.15, -0.1) is 0 Å². The molecule has 0 bridgehead atoms. The highest BCUT2D eigenvalue weighted by atomic mass is 32.1. The van der Waals surface area contributed by atoms with Crippen molar-refractivity contribution in [3.05, 3.63) is 76.9 Å². The highest BCUT2D eigenvalue weighted by molar-refractivity contribution is 7.81. The molecule has 0 aliphatic rings. The molecule has 0 spiro atoms. The van der Waals surface area contributed by atoms with Crippen molar-refractivity contribution < 1.29 is 0 Å². The molecule has 1 heteroatoms. The number of hydrogen-bond donors (Lipinski definition) is 0. The van der Waals surface area contributed by atoms with Crippen LogP contribution >= 0.6 is 12.2 Å². The number of benzene rings is 2. The Balaban J connectivity index is 1.61. The monoisotopic (exact) mass is 476 g/mol. The molecule has 2 aromatic carbocycles. The van der Waals surface area contributed by atoms with Crippen molar-refractivity contribution in [2.75, 3.05) is 0 Å². The van der Waals surface area contributed by atoms with Gasteiger partial charge in [-0.2, -0.15) is 0 Å². The predicted octanol–water partition coefficient (Wildman–Crippen LogP) is 10.7. The predicted molar refractivity (Wildman–Crippen MR) is 157 cm³/mol. The summed E-state index contributed by atoms with van der Waals surface area (Å²) in [5.74, 6) is 0. The molecule has 0 amide bonds. The van der Waals surface area contributed by atoms with E-state index in [1.807, 2.05) is 0 Å². The van der Waals surface area contributed by atoms with Gasteiger partial charge in [-0.25, -0.2) is 0 Å². The second kappa shape index (κ2) is 18.6. The van der Waals surface area contributed by atoms with Crippen molar-refractivity contribution in [1.29, 1.82) is 0 Å². The van der Waals surface area contributed by atoms with Crippen molar-refractivity contribution in [2.24, 2.45) is 0 Å². The van der Waals surface area contributed by atoms with Crippen molar-refractivity contribution in [2.45, 2.75) is 117 Å². The van der Waals surface area contributed by atoms with Gasteiger partial charge in [0, 0.05) is 4.86 Å². The lowest BCUT2D eigenvalue weighted by Crippen LogP contribution is -1.94. The van der Waals surface area contributed by atoms with E-state index in [-0.39, 0.29) is 0 Å². The summed E-state index contributed by atoms with van der Waals surface area (Å²) >= 11 is 5.67. The molecular weight excluding hydrogens is 428 g/mol. The molecule has 0 heterocycles. The Bertz CT molecular complexity index is 815. The number of unbranched alkanes of at least 4 members (excludes halogenated alkanes) is 12. The summed E-state index contributed by atoms with van der Waals surface area (Å²) in [6, 6.07) is 17.7. The Kier molecular flexibility index (Phi) is 15.6. The number of aryl methyl sites for hydroxylation is 2. The van der Waals surface area contributed by atoms with Gasteiger partial charge in [0.25, 0.3) is 0 Å². The number of hydrogen-bond acceptors (Lipinski definition) is 1. The molecule has 0 atom stereocenters. The third-order valence-corrected chi connectivity index (χ3v) is 7.13. The second-order valence-electron chi connectivity index (χ2n) is 9.88. The summed E-state index contributed by atoms with van der Waals surface area (Å²) in [6.45, 7) is 4.53. The fraction of sp³-hybridized carbons (Fsp3) is 0.545. The quantitative estimate of drug-likeness (QED) is 0.0840. The Labute approximate surface area is 216 Å². The first-order chi connectivity index (χ1) is 16.7. The van der Waals surface area contributed by atoms with Gasteiger partial charge in [-0.1, -0.05) is 158 Å². The van der Waals surface area contributed by atoms with Crippen LogP contribution in [0.2, 0.25) is 0 Å². The molecule has 0 nitrogen and oxygen atoms in total. The molecule has 0 aliphatic heterocycles. The molecule has 0 saturated carbocycles. The largest absolute Gasteiger partial charge is 0.0795 e. The van der Waals surface area contributed by atoms with Crippen molar-refractivity contribution >= 4 is 23.2 Å². The standard InChI is InChI=1S/C33H48S/c1-3-5-7-8-9-10-11-12-13-14-15-16-19-29-22-25-32(26-23-29)33(34)27-24-31-21-17-20-30(28-31)18-6-4-2/h17,20-28H,3-16,18-19H2,1-2H3. The molecular formula is C33H48S. The fourth-order valence-electron chi connectivity index (χ4n) is 4.51. The third-order valence-electron chi connectivity index (χ3n) is 6.75. The van der Waals surface area contributed by atoms with Crippen LogP contribution in [0.4, 0.5) is 0 Å². The number of thiocarbonyl (C=S) groups is 1. The first-order valence-corrected chi connectivity index (χ1v) is 14.5. The van der Waals surface area contributed by atoms with Crippen LogP contribution in [0.25, 0.3) is 6.08 Å². The average Bonchev–Trinajstić information content (AvgIpc) is 2.87. The molecule has 0 fully saturated rings. The van der Waals surface area contributed by atoms with Crippen LogP contribution in [0, 0.1) is 0 Å². The molecule has 0 unspecified atom stereocenters. The molecule has 186 valence electrons. The van der Waals surface area contributed by atoms with Gasteiger partial charge in [0.2, 0.25) is 0 Å². The average molecular weight is 477 g/mol. The summed E-state index contributed by atoms with van der Waals surface area (Å²) in [4.78, 5) is 0.913. The second-order valence-corrected chi connectivity index (χ2v) is 10.3. The van der Waals surface area contributed by atoms with Crippen LogP contribution in [0.5, 0.6) is 0 Å². The van der Waals surface area contributed by atoms with Crippen LogP contribution < -0.4 is 0 Å². The van der Waals surface area contributed by atoms with E-state index in [2.05, 4.69) is 74.5 Å². The SMILES string of the molecule is CCCCCCCCCCCCCCc1ccc(C(=S)C=Cc2cccc(CCCC)c2)cc1. The minimum atomic E-state index is 0.913. The van der Waals surface area contributed by atoms with E-state index in [0.717, 1.165) is 16.8 Å². The summed E-state index contributed by atoms with van der Waals surface area (Å²) in [5, 5.41) is 0. The van der Waals surface area contributed by atoms with Crippen LogP contribution in [0.15, 0.2) is 54.6 Å². The van der Waals surface area contributed by atoms with Crippen LogP contribution in [0.1, 0.15) is 126 Å². The lowest BCUT2D eigenvalue weighted by molar-refractivity contribution is 0.544. The summed E-state index contributed by atoms with van der Waals surface area (Å²) < 4.78 is 0. The van der Waals surface area contributed by atoms with E-state index in [1.165, 1.54) is 113 Å². The Morgan fingerprint density at radius 1 is 0.618 bits per heavy atom. The first kappa shape index (κ1) is 28.5. The molecule has 0 aliphatic carbocycles. The van der Waals surface area contributed by atoms with Gasteiger partial charge in [-0.05, 0) is 54.0 Å². The van der Waals surface area contributed by atoms with Crippen molar-refractivity contribution in [1.82, 2.24) is 0 Å². The maximum Gasteiger partial charge on any atom is 0.0449 e. The number of rotatable bonds is 19. The zero-order valence-electron chi connectivity index (χ0n) is 22.0. The topological polar surface area (TPSA) is 0 Å². The van der Waals surface area contributed by atoms with Crippen molar-refractivity contribution in [3.63, 3.8) is 0 Å². The van der Waals surface area contributed by atoms with Gasteiger partial charge in [0.05, 0.1) is 0 Å². The Hall–Kier alpha value is -1.73. The van der Waals surface area contributed by atoms with Crippen LogP contribution in [-0.2, 0) is 12.8 Å². The maximum atomic E-state index is 5.67. The highest BCUT2D eigenvalue weighted by Crippen LogP contribution is 2.15. The van der Waals surface area contributed by atoms with Crippen molar-refractivity contribution in [3.8, 4) is 0 Å². The zero-order chi connectivity index (χ0) is 24.3. The summed E-state index contributed by atoms with van der Waals surface area (Å²) in [6.07, 6.45) is 25.9. The van der Waals surface area contributed by atoms with Crippen LogP contribution in [0.3, 0.4) is 0 Å². The molecule has 2 aromatic rings. The smallest absolute Gasteiger partial charge is 0.0449 e. The molecule has 0 aromatic heterocycles. The van der Waals surface area contributed by atoms with E-state index >= 15 is 0 Å². The number of allylic oxidation sites excluding steroid dienone is 1. The Morgan fingerprint density at radius 3 is 1.79 bits per heavy atom. The minimum Gasteiger partial charge on any atom is -0.0795 e. The van der Waals surface area contributed by atoms with Gasteiger partial charge in [0.1, 0.15) is 0 Å². The first-order valence-electron chi connectivity index (χ1n) is 14.1. The molecule has 34 heavy (non-hydrogen) atoms. The fourth-order valence-corrected chi connectivity index (χ4v) is 4.71. The molecule has 2 rings (SSSR count). The normalized spacial score (nSPS) is 11.4. The molecule has 0 N–H and O–H groups in total. The van der Waals surface area contributed by atoms with Gasteiger partial charge in [-0.3, -0.25) is 0 Å². The van der Waals surface area contributed by atoms with Gasteiger partial charge < -0.3 is 0 Å². The van der Waals surface area contributed by atoms with Crippen LogP contribution in [-0.4, -0.2) is 4.86 Å². The van der Waals surface area contributed by atoms with Gasteiger partial charge in [0.15, 0.2) is 0 Å². The zero-order valence-corrected chi connectivity index (χ0v) is 22.8. The van der Waals surface area contributed by atoms with E-state index in [9.17, 15) is 0 Å². The van der Waals surface area contributed by atoms with E-state index < -0.39 is 0 Å². The van der Waals surface area contributed by atoms with Gasteiger partial charge >= 0.3 is 0 Å². The van der Waals surface area contributed by atoms with E-state index in [1.54, 1.807) is 0 Å².